The summed E-state index contributed by atoms with van der Waals surface area (Å²) in [5.41, 5.74) is 0.406. The molecule has 0 aromatic heterocycles. The number of amides is 2. The Kier molecular flexibility index (Phi) is 5.63. The van der Waals surface area contributed by atoms with E-state index in [4.69, 9.17) is 4.74 Å². The van der Waals surface area contributed by atoms with Crippen LogP contribution in [0.25, 0.3) is 0 Å². The second-order valence-corrected chi connectivity index (χ2v) is 5.53. The average Bonchev–Trinajstić information content (AvgIpc) is 2.74. The van der Waals surface area contributed by atoms with Gasteiger partial charge in [0.15, 0.2) is 0 Å². The first kappa shape index (κ1) is 16.6. The minimum atomic E-state index is -0.517. The van der Waals surface area contributed by atoms with Crippen LogP contribution in [0.2, 0.25) is 0 Å². The summed E-state index contributed by atoms with van der Waals surface area (Å²) in [4.78, 5) is 25.4. The van der Waals surface area contributed by atoms with E-state index < -0.39 is 11.9 Å². The molecule has 1 saturated heterocycles. The largest absolute Gasteiger partial charge is 0.379 e. The van der Waals surface area contributed by atoms with E-state index in [9.17, 15) is 14.0 Å². The van der Waals surface area contributed by atoms with Crippen molar-refractivity contribution in [2.75, 3.05) is 18.1 Å². The summed E-state index contributed by atoms with van der Waals surface area (Å²) in [5, 5.41) is 3.08. The number of anilines is 1. The molecule has 2 amide bonds. The van der Waals surface area contributed by atoms with Gasteiger partial charge in [-0.3, -0.25) is 9.59 Å². The van der Waals surface area contributed by atoms with Crippen molar-refractivity contribution in [3.8, 4) is 0 Å². The van der Waals surface area contributed by atoms with Gasteiger partial charge in [-0.25, -0.2) is 9.29 Å². The molecule has 2 rings (SSSR count). The Bertz CT molecular complexity index is 531. The zero-order chi connectivity index (χ0) is 16.1. The minimum Gasteiger partial charge on any atom is -0.379 e. The highest BCUT2D eigenvalue weighted by Crippen LogP contribution is 2.23. The molecule has 1 aliphatic heterocycles. The molecule has 1 atom stereocenters. The molecule has 0 spiro atoms. The Labute approximate surface area is 129 Å². The summed E-state index contributed by atoms with van der Waals surface area (Å²) in [6.07, 6.45) is 1.08. The average molecular weight is 308 g/mol. The quantitative estimate of drug-likeness (QED) is 0.617. The van der Waals surface area contributed by atoms with Gasteiger partial charge in [0.05, 0.1) is 24.3 Å². The van der Waals surface area contributed by atoms with Gasteiger partial charge in [0.2, 0.25) is 5.91 Å². The van der Waals surface area contributed by atoms with Gasteiger partial charge < -0.3 is 10.1 Å². The molecular weight excluding hydrogens is 287 g/mol. The number of imide groups is 1. The number of halogens is 1. The zero-order valence-corrected chi connectivity index (χ0v) is 12.8. The SMILES string of the molecule is CC(C)OCCCN[C@@H]1CC(=O)N(c2ccc(F)cc2)C1=O. The summed E-state index contributed by atoms with van der Waals surface area (Å²) in [6.45, 7) is 5.15. The minimum absolute atomic E-state index is 0.126. The smallest absolute Gasteiger partial charge is 0.251 e. The monoisotopic (exact) mass is 308 g/mol. The van der Waals surface area contributed by atoms with Crippen molar-refractivity contribution < 1.29 is 18.7 Å². The fourth-order valence-corrected chi connectivity index (χ4v) is 2.32. The molecular formula is C16H21FN2O3. The van der Waals surface area contributed by atoms with Crippen molar-refractivity contribution >= 4 is 17.5 Å². The molecule has 22 heavy (non-hydrogen) atoms. The number of nitrogens with one attached hydrogen (secondary N) is 1. The molecule has 1 aromatic carbocycles. The fraction of sp³-hybridized carbons (Fsp3) is 0.500. The van der Waals surface area contributed by atoms with Crippen LogP contribution in [0.3, 0.4) is 0 Å². The van der Waals surface area contributed by atoms with Crippen molar-refractivity contribution in [1.29, 1.82) is 0 Å². The lowest BCUT2D eigenvalue weighted by Crippen LogP contribution is -2.39. The second-order valence-electron chi connectivity index (χ2n) is 5.53. The van der Waals surface area contributed by atoms with Gasteiger partial charge in [0.1, 0.15) is 5.82 Å². The molecule has 6 heteroatoms. The van der Waals surface area contributed by atoms with E-state index >= 15 is 0 Å². The van der Waals surface area contributed by atoms with Gasteiger partial charge in [-0.05, 0) is 51.1 Å². The van der Waals surface area contributed by atoms with Crippen LogP contribution in [0.15, 0.2) is 24.3 Å². The van der Waals surface area contributed by atoms with E-state index in [0.717, 1.165) is 11.3 Å². The van der Waals surface area contributed by atoms with Gasteiger partial charge in [0, 0.05) is 6.61 Å². The Hall–Kier alpha value is -1.79. The van der Waals surface area contributed by atoms with E-state index in [0.29, 0.717) is 18.8 Å². The molecule has 0 aliphatic carbocycles. The number of rotatable bonds is 7. The van der Waals surface area contributed by atoms with Crippen LogP contribution in [0.4, 0.5) is 10.1 Å². The number of nitrogens with zero attached hydrogens (tertiary/aromatic N) is 1. The first-order valence-electron chi connectivity index (χ1n) is 7.46. The maximum absolute atomic E-state index is 12.9. The third-order valence-electron chi connectivity index (χ3n) is 3.39. The number of ether oxygens (including phenoxy) is 1. The van der Waals surface area contributed by atoms with E-state index in [-0.39, 0.29) is 24.3 Å². The number of hydrogen-bond acceptors (Lipinski definition) is 4. The standard InChI is InChI=1S/C16H21FN2O3/c1-11(2)22-9-3-8-18-14-10-15(20)19(16(14)21)13-6-4-12(17)5-7-13/h4-7,11,14,18H,3,8-10H2,1-2H3/t14-/m1/s1. The van der Waals surface area contributed by atoms with Crippen molar-refractivity contribution in [1.82, 2.24) is 5.32 Å². The summed E-state index contributed by atoms with van der Waals surface area (Å²) < 4.78 is 18.3. The lowest BCUT2D eigenvalue weighted by molar-refractivity contribution is -0.121. The van der Waals surface area contributed by atoms with Gasteiger partial charge in [-0.15, -0.1) is 0 Å². The second kappa shape index (κ2) is 7.47. The molecule has 0 bridgehead atoms. The van der Waals surface area contributed by atoms with Crippen LogP contribution < -0.4 is 10.2 Å². The van der Waals surface area contributed by atoms with Gasteiger partial charge in [0.25, 0.3) is 5.91 Å². The highest BCUT2D eigenvalue weighted by molar-refractivity contribution is 6.22. The van der Waals surface area contributed by atoms with Crippen molar-refractivity contribution in [3.63, 3.8) is 0 Å². The van der Waals surface area contributed by atoms with Crippen LogP contribution in [0, 0.1) is 5.82 Å². The molecule has 1 aromatic rings. The Morgan fingerprint density at radius 3 is 2.64 bits per heavy atom. The number of benzene rings is 1. The molecule has 1 aliphatic rings. The van der Waals surface area contributed by atoms with Gasteiger partial charge >= 0.3 is 0 Å². The Balaban J connectivity index is 1.87. The van der Waals surface area contributed by atoms with E-state index in [1.807, 2.05) is 13.8 Å². The first-order valence-corrected chi connectivity index (χ1v) is 7.46. The van der Waals surface area contributed by atoms with Gasteiger partial charge in [-0.2, -0.15) is 0 Å². The molecule has 1 heterocycles. The van der Waals surface area contributed by atoms with Crippen molar-refractivity contribution in [3.05, 3.63) is 30.1 Å². The topological polar surface area (TPSA) is 58.6 Å². The number of carbonyl (C=O) groups excluding carboxylic acids is 2. The van der Waals surface area contributed by atoms with Crippen molar-refractivity contribution in [2.45, 2.75) is 38.8 Å². The highest BCUT2D eigenvalue weighted by atomic mass is 19.1. The third kappa shape index (κ3) is 4.11. The molecule has 0 saturated carbocycles. The van der Waals surface area contributed by atoms with Gasteiger partial charge in [-0.1, -0.05) is 0 Å². The van der Waals surface area contributed by atoms with E-state index in [2.05, 4.69) is 5.32 Å². The first-order chi connectivity index (χ1) is 10.5. The predicted molar refractivity (Wildman–Crippen MR) is 81.0 cm³/mol. The molecule has 1 fully saturated rings. The highest BCUT2D eigenvalue weighted by Gasteiger charge is 2.39. The normalized spacial score (nSPS) is 18.5. The number of hydrogen-bond donors (Lipinski definition) is 1. The van der Waals surface area contributed by atoms with Crippen LogP contribution in [0.5, 0.6) is 0 Å². The summed E-state index contributed by atoms with van der Waals surface area (Å²) >= 11 is 0. The number of carbonyl (C=O) groups is 2. The lowest BCUT2D eigenvalue weighted by atomic mass is 10.2. The molecule has 5 nitrogen and oxygen atoms in total. The Morgan fingerprint density at radius 1 is 1.32 bits per heavy atom. The van der Waals surface area contributed by atoms with Crippen LogP contribution in [0.1, 0.15) is 26.7 Å². The van der Waals surface area contributed by atoms with Crippen LogP contribution >= 0.6 is 0 Å². The third-order valence-corrected chi connectivity index (χ3v) is 3.39. The zero-order valence-electron chi connectivity index (χ0n) is 12.8. The van der Waals surface area contributed by atoms with E-state index in [1.165, 1.54) is 24.3 Å². The van der Waals surface area contributed by atoms with Crippen LogP contribution in [-0.2, 0) is 14.3 Å². The Morgan fingerprint density at radius 2 is 2.00 bits per heavy atom. The summed E-state index contributed by atoms with van der Waals surface area (Å²) in [6, 6.07) is 4.82. The van der Waals surface area contributed by atoms with Crippen LogP contribution in [-0.4, -0.2) is 37.1 Å². The lowest BCUT2D eigenvalue weighted by Gasteiger charge is -2.15. The molecule has 120 valence electrons. The molecule has 0 radical (unpaired) electrons. The maximum Gasteiger partial charge on any atom is 0.251 e. The maximum atomic E-state index is 12.9. The predicted octanol–water partition coefficient (Wildman–Crippen LogP) is 1.86. The molecule has 0 unspecified atom stereocenters. The van der Waals surface area contributed by atoms with E-state index in [1.54, 1.807) is 0 Å². The summed E-state index contributed by atoms with van der Waals surface area (Å²) in [7, 11) is 0. The molecule has 1 N–H and O–H groups in total. The fourth-order valence-electron chi connectivity index (χ4n) is 2.32. The summed E-state index contributed by atoms with van der Waals surface area (Å²) in [5.74, 6) is -0.961. The van der Waals surface area contributed by atoms with Crippen molar-refractivity contribution in [2.24, 2.45) is 0 Å².